The average Bonchev–Trinajstić information content (AvgIpc) is 2.83. The predicted molar refractivity (Wildman–Crippen MR) is 82.3 cm³/mol. The third-order valence-corrected chi connectivity index (χ3v) is 3.55. The van der Waals surface area contributed by atoms with Crippen molar-refractivity contribution in [2.45, 2.75) is 32.9 Å². The molecular weight excluding hydrogens is 314 g/mol. The Morgan fingerprint density at radius 2 is 2.04 bits per heavy atom. The van der Waals surface area contributed by atoms with Gasteiger partial charge >= 0.3 is 5.97 Å². The van der Waals surface area contributed by atoms with Gasteiger partial charge in [-0.1, -0.05) is 0 Å². The molecule has 0 aliphatic carbocycles. The molecule has 126 valence electrons. The van der Waals surface area contributed by atoms with Crippen molar-refractivity contribution in [2.75, 3.05) is 7.05 Å². The zero-order chi connectivity index (χ0) is 17.6. The zero-order valence-electron chi connectivity index (χ0n) is 13.8. The molecule has 1 amide bonds. The highest BCUT2D eigenvalue weighted by molar-refractivity contribution is 5.98. The number of nitrogens with zero attached hydrogens (tertiary/aromatic N) is 4. The van der Waals surface area contributed by atoms with Gasteiger partial charge in [0.25, 0.3) is 5.91 Å². The molecule has 0 spiro atoms. The molecule has 3 rings (SSSR count). The fourth-order valence-corrected chi connectivity index (χ4v) is 2.54. The lowest BCUT2D eigenvalue weighted by Crippen LogP contribution is -2.28. The summed E-state index contributed by atoms with van der Waals surface area (Å²) in [6.45, 7) is 5.37. The first-order valence-electron chi connectivity index (χ1n) is 7.39. The van der Waals surface area contributed by atoms with E-state index in [2.05, 4.69) is 9.97 Å². The monoisotopic (exact) mass is 331 g/mol. The number of pyridine rings is 1. The fraction of sp³-hybridized carbons (Fsp3) is 0.375. The van der Waals surface area contributed by atoms with E-state index in [0.717, 1.165) is 0 Å². The van der Waals surface area contributed by atoms with Crippen LogP contribution in [0.5, 0.6) is 0 Å². The molecule has 24 heavy (non-hydrogen) atoms. The summed E-state index contributed by atoms with van der Waals surface area (Å²) in [7, 11) is 1.53. The quantitative estimate of drug-likeness (QED) is 0.589. The molecule has 0 N–H and O–H groups in total. The summed E-state index contributed by atoms with van der Waals surface area (Å²) in [5.41, 5.74) is 0.0497. The van der Waals surface area contributed by atoms with E-state index < -0.39 is 23.4 Å². The van der Waals surface area contributed by atoms with Crippen LogP contribution in [-0.4, -0.2) is 44.0 Å². The molecule has 3 heterocycles. The smallest absolute Gasteiger partial charge is 0.359 e. The van der Waals surface area contributed by atoms with E-state index in [1.54, 1.807) is 20.8 Å². The van der Waals surface area contributed by atoms with Gasteiger partial charge in [0.05, 0.1) is 17.9 Å². The highest BCUT2D eigenvalue weighted by Crippen LogP contribution is 2.27. The fourth-order valence-electron chi connectivity index (χ4n) is 2.54. The highest BCUT2D eigenvalue weighted by atomic mass is 18.2. The average molecular weight is 331 g/mol. The van der Waals surface area contributed by atoms with Crippen molar-refractivity contribution in [2.24, 2.45) is 0 Å². The molecule has 1 aliphatic heterocycles. The Balaban J connectivity index is 2.16. The molecule has 0 unspecified atom stereocenters. The number of rotatable bonds is 1. The molecule has 1 aliphatic rings. The number of aromatic nitrogens is 3. The third kappa shape index (κ3) is 2.64. The van der Waals surface area contributed by atoms with Crippen molar-refractivity contribution in [3.63, 3.8) is 0 Å². The molecule has 0 saturated carbocycles. The van der Waals surface area contributed by atoms with Crippen LogP contribution in [0.3, 0.4) is 0 Å². The SMILES string of the molecule is CN1Cc2c(C(=O)OC(C)(C)C)ncn2-c2ccnc([18F])c2C1=O. The molecule has 0 bridgehead atoms. The number of esters is 1. The minimum Gasteiger partial charge on any atom is -0.455 e. The number of amides is 1. The maximum Gasteiger partial charge on any atom is 0.359 e. The van der Waals surface area contributed by atoms with Crippen LogP contribution in [0.15, 0.2) is 18.6 Å². The van der Waals surface area contributed by atoms with E-state index in [1.165, 1.54) is 35.1 Å². The first kappa shape index (κ1) is 16.1. The standard InChI is InChI=1S/C16H17FN4O3/c1-16(2,3)24-15(23)12-10-7-20(4)14(22)11-9(21(10)8-19-12)5-6-18-13(11)17/h5-6,8H,7H2,1-4H3/i17-1. The molecule has 0 radical (unpaired) electrons. The van der Waals surface area contributed by atoms with Crippen LogP contribution in [0.1, 0.15) is 47.3 Å². The largest absolute Gasteiger partial charge is 0.455 e. The van der Waals surface area contributed by atoms with E-state index in [-0.39, 0.29) is 17.8 Å². The van der Waals surface area contributed by atoms with Crippen LogP contribution in [0.2, 0.25) is 0 Å². The summed E-state index contributed by atoms with van der Waals surface area (Å²) in [6.07, 6.45) is 2.66. The summed E-state index contributed by atoms with van der Waals surface area (Å²) in [4.78, 5) is 33.8. The van der Waals surface area contributed by atoms with Crippen LogP contribution in [0.4, 0.5) is 4.39 Å². The summed E-state index contributed by atoms with van der Waals surface area (Å²) in [5, 5.41) is 0. The number of fused-ring (bicyclic) bond motifs is 3. The zero-order valence-corrected chi connectivity index (χ0v) is 13.8. The van der Waals surface area contributed by atoms with Gasteiger partial charge < -0.3 is 9.64 Å². The summed E-state index contributed by atoms with van der Waals surface area (Å²) < 4.78 is 21.0. The van der Waals surface area contributed by atoms with Gasteiger partial charge in [0.15, 0.2) is 5.69 Å². The van der Waals surface area contributed by atoms with Gasteiger partial charge in [-0.2, -0.15) is 4.39 Å². The van der Waals surface area contributed by atoms with Gasteiger partial charge in [0, 0.05) is 13.2 Å². The predicted octanol–water partition coefficient (Wildman–Crippen LogP) is 1.95. The number of halogens is 1. The van der Waals surface area contributed by atoms with Gasteiger partial charge in [-0.05, 0) is 26.8 Å². The summed E-state index contributed by atoms with van der Waals surface area (Å²) >= 11 is 0. The first-order valence-corrected chi connectivity index (χ1v) is 7.39. The molecule has 2 aromatic rings. The second-order valence-electron chi connectivity index (χ2n) is 6.57. The number of hydrogen-bond acceptors (Lipinski definition) is 5. The summed E-state index contributed by atoms with van der Waals surface area (Å²) in [6, 6.07) is 1.51. The maximum absolute atomic E-state index is 14.1. The topological polar surface area (TPSA) is 77.3 Å². The van der Waals surface area contributed by atoms with E-state index in [4.69, 9.17) is 4.74 Å². The van der Waals surface area contributed by atoms with Crippen LogP contribution < -0.4 is 0 Å². The third-order valence-electron chi connectivity index (χ3n) is 3.55. The van der Waals surface area contributed by atoms with Crippen molar-refractivity contribution in [3.8, 4) is 5.69 Å². The second kappa shape index (κ2) is 5.40. The van der Waals surface area contributed by atoms with Crippen molar-refractivity contribution in [1.82, 2.24) is 19.4 Å². The van der Waals surface area contributed by atoms with Crippen molar-refractivity contribution >= 4 is 11.9 Å². The van der Waals surface area contributed by atoms with E-state index in [0.29, 0.717) is 11.4 Å². The maximum atomic E-state index is 14.1. The number of carbonyl (C=O) groups is 2. The van der Waals surface area contributed by atoms with E-state index in [9.17, 15) is 14.0 Å². The second-order valence-corrected chi connectivity index (χ2v) is 6.57. The number of hydrogen-bond donors (Lipinski definition) is 0. The van der Waals surface area contributed by atoms with E-state index in [1.807, 2.05) is 0 Å². The Labute approximate surface area is 138 Å². The highest BCUT2D eigenvalue weighted by Gasteiger charge is 2.32. The molecule has 2 aromatic heterocycles. The molecule has 0 atom stereocenters. The van der Waals surface area contributed by atoms with Crippen LogP contribution in [0, 0.1) is 5.95 Å². The molecule has 8 heteroatoms. The van der Waals surface area contributed by atoms with Gasteiger partial charge in [-0.15, -0.1) is 0 Å². The Bertz CT molecular complexity index is 838. The lowest BCUT2D eigenvalue weighted by molar-refractivity contribution is 0.00608. The minimum atomic E-state index is -0.857. The van der Waals surface area contributed by atoms with Gasteiger partial charge in [0.1, 0.15) is 17.5 Å². The van der Waals surface area contributed by atoms with Crippen LogP contribution >= 0.6 is 0 Å². The number of ether oxygens (including phenoxy) is 1. The van der Waals surface area contributed by atoms with Gasteiger partial charge in [-0.3, -0.25) is 9.36 Å². The minimum absolute atomic E-state index is 0.0987. The van der Waals surface area contributed by atoms with Crippen molar-refractivity contribution in [1.29, 1.82) is 0 Å². The first-order chi connectivity index (χ1) is 11.2. The molecular formula is C16H17FN4O3. The lowest BCUT2D eigenvalue weighted by atomic mass is 10.2. The number of imidazole rings is 1. The lowest BCUT2D eigenvalue weighted by Gasteiger charge is -2.19. The molecule has 0 aromatic carbocycles. The molecule has 7 nitrogen and oxygen atoms in total. The number of carbonyl (C=O) groups excluding carboxylic acids is 2. The Kier molecular flexibility index (Phi) is 3.62. The van der Waals surface area contributed by atoms with Crippen molar-refractivity contribution < 1.29 is 18.7 Å². The Morgan fingerprint density at radius 1 is 1.33 bits per heavy atom. The van der Waals surface area contributed by atoms with Gasteiger partial charge in [-0.25, -0.2) is 14.8 Å². The normalized spacial score (nSPS) is 14.0. The Morgan fingerprint density at radius 3 is 2.71 bits per heavy atom. The Hall–Kier alpha value is -2.77. The van der Waals surface area contributed by atoms with E-state index >= 15 is 0 Å². The van der Waals surface area contributed by atoms with Gasteiger partial charge in [0.2, 0.25) is 5.95 Å². The van der Waals surface area contributed by atoms with Crippen molar-refractivity contribution in [3.05, 3.63) is 41.5 Å². The molecule has 0 fully saturated rings. The van der Waals surface area contributed by atoms with Crippen LogP contribution in [-0.2, 0) is 11.3 Å². The summed E-state index contributed by atoms with van der Waals surface area (Å²) in [5.74, 6) is -1.95. The molecule has 0 saturated heterocycles. The van der Waals surface area contributed by atoms with Crippen LogP contribution in [0.25, 0.3) is 5.69 Å².